The van der Waals surface area contributed by atoms with E-state index < -0.39 is 27.4 Å². The van der Waals surface area contributed by atoms with Gasteiger partial charge in [0.2, 0.25) is 10.0 Å². The largest absolute Gasteiger partial charge is 0.480 e. The standard InChI is InChI=1S/C19H28N2O5S/c1-4-11-19(3,18(23)24)20-17(22)15-7-9-16(10-8-15)27(25,26)21-12-5-6-14(2)13-21/h7-10,14H,4-6,11-13H2,1-3H3,(H,20,22)(H,23,24). The molecule has 2 unspecified atom stereocenters. The molecule has 0 bridgehead atoms. The topological polar surface area (TPSA) is 104 Å². The van der Waals surface area contributed by atoms with Crippen LogP contribution in [0.5, 0.6) is 0 Å². The van der Waals surface area contributed by atoms with Gasteiger partial charge in [-0.2, -0.15) is 4.31 Å². The predicted octanol–water partition coefficient (Wildman–Crippen LogP) is 2.48. The van der Waals surface area contributed by atoms with Crippen LogP contribution in [0.2, 0.25) is 0 Å². The van der Waals surface area contributed by atoms with Gasteiger partial charge in [0.25, 0.3) is 5.91 Å². The van der Waals surface area contributed by atoms with Crippen LogP contribution < -0.4 is 5.32 Å². The van der Waals surface area contributed by atoms with E-state index in [1.54, 1.807) is 0 Å². The SMILES string of the molecule is CCCC(C)(NC(=O)c1ccc(S(=O)(=O)N2CCCC(C)C2)cc1)C(=O)O. The second-order valence-electron chi connectivity index (χ2n) is 7.48. The number of sulfonamides is 1. The zero-order valence-electron chi connectivity index (χ0n) is 16.1. The molecule has 1 fully saturated rings. The molecule has 2 N–H and O–H groups in total. The fourth-order valence-electron chi connectivity index (χ4n) is 3.34. The van der Waals surface area contributed by atoms with Crippen LogP contribution in [0.4, 0.5) is 0 Å². The normalized spacial score (nSPS) is 20.6. The Labute approximate surface area is 160 Å². The number of carboxylic acids is 1. The Morgan fingerprint density at radius 2 is 1.93 bits per heavy atom. The van der Waals surface area contributed by atoms with Crippen molar-refractivity contribution < 1.29 is 23.1 Å². The van der Waals surface area contributed by atoms with Crippen molar-refractivity contribution in [2.75, 3.05) is 13.1 Å². The lowest BCUT2D eigenvalue weighted by atomic mass is 9.96. The molecule has 0 radical (unpaired) electrons. The fraction of sp³-hybridized carbons (Fsp3) is 0.579. The highest BCUT2D eigenvalue weighted by Gasteiger charge is 2.34. The molecule has 2 rings (SSSR count). The van der Waals surface area contributed by atoms with Gasteiger partial charge >= 0.3 is 5.97 Å². The smallest absolute Gasteiger partial charge is 0.329 e. The minimum absolute atomic E-state index is 0.141. The number of carboxylic acid groups (broad SMARTS) is 1. The van der Waals surface area contributed by atoms with Crippen molar-refractivity contribution >= 4 is 21.9 Å². The van der Waals surface area contributed by atoms with Crippen LogP contribution in [0.3, 0.4) is 0 Å². The van der Waals surface area contributed by atoms with Gasteiger partial charge in [0.1, 0.15) is 5.54 Å². The fourth-order valence-corrected chi connectivity index (χ4v) is 4.94. The van der Waals surface area contributed by atoms with Crippen LogP contribution >= 0.6 is 0 Å². The zero-order chi connectivity index (χ0) is 20.2. The van der Waals surface area contributed by atoms with E-state index in [0.29, 0.717) is 31.8 Å². The lowest BCUT2D eigenvalue weighted by Gasteiger charge is -2.30. The molecule has 1 heterocycles. The molecule has 1 aromatic rings. The molecular formula is C19H28N2O5S. The summed E-state index contributed by atoms with van der Waals surface area (Å²) in [5, 5.41) is 11.9. The minimum Gasteiger partial charge on any atom is -0.480 e. The highest BCUT2D eigenvalue weighted by Crippen LogP contribution is 2.24. The molecule has 0 spiro atoms. The maximum absolute atomic E-state index is 12.8. The number of nitrogens with one attached hydrogen (secondary N) is 1. The Bertz CT molecular complexity index is 791. The monoisotopic (exact) mass is 396 g/mol. The van der Waals surface area contributed by atoms with Crippen LogP contribution in [0.25, 0.3) is 0 Å². The highest BCUT2D eigenvalue weighted by atomic mass is 32.2. The molecule has 2 atom stereocenters. The average Bonchev–Trinajstić information content (AvgIpc) is 2.62. The van der Waals surface area contributed by atoms with E-state index in [1.807, 2.05) is 13.8 Å². The van der Waals surface area contributed by atoms with Crippen molar-refractivity contribution in [3.05, 3.63) is 29.8 Å². The minimum atomic E-state index is -3.59. The third-order valence-corrected chi connectivity index (χ3v) is 6.86. The highest BCUT2D eigenvalue weighted by molar-refractivity contribution is 7.89. The summed E-state index contributed by atoms with van der Waals surface area (Å²) in [4.78, 5) is 24.0. The third kappa shape index (κ3) is 4.87. The molecule has 8 heteroatoms. The molecule has 1 saturated heterocycles. The van der Waals surface area contributed by atoms with Gasteiger partial charge in [-0.05, 0) is 56.4 Å². The first-order valence-electron chi connectivity index (χ1n) is 9.26. The van der Waals surface area contributed by atoms with Crippen LogP contribution in [0, 0.1) is 5.92 Å². The van der Waals surface area contributed by atoms with Crippen molar-refractivity contribution in [3.63, 3.8) is 0 Å². The number of carbonyl (C=O) groups excluding carboxylic acids is 1. The third-order valence-electron chi connectivity index (χ3n) is 4.99. The number of amides is 1. The van der Waals surface area contributed by atoms with E-state index in [4.69, 9.17) is 0 Å². The molecule has 0 saturated carbocycles. The first-order valence-corrected chi connectivity index (χ1v) is 10.7. The van der Waals surface area contributed by atoms with Crippen LogP contribution in [0.1, 0.15) is 56.8 Å². The Hall–Kier alpha value is -1.93. The molecule has 150 valence electrons. The van der Waals surface area contributed by atoms with Crippen molar-refractivity contribution in [2.24, 2.45) is 5.92 Å². The number of aliphatic carboxylic acids is 1. The van der Waals surface area contributed by atoms with E-state index in [0.717, 1.165) is 12.8 Å². The number of hydrogen-bond acceptors (Lipinski definition) is 4. The lowest BCUT2D eigenvalue weighted by molar-refractivity contribution is -0.144. The molecule has 1 aliphatic rings. The Balaban J connectivity index is 2.16. The molecule has 0 aromatic heterocycles. The Morgan fingerprint density at radius 3 is 2.44 bits per heavy atom. The summed E-state index contributed by atoms with van der Waals surface area (Å²) >= 11 is 0. The molecule has 1 amide bonds. The first-order chi connectivity index (χ1) is 12.6. The summed E-state index contributed by atoms with van der Waals surface area (Å²) in [7, 11) is -3.59. The number of piperidine rings is 1. The number of hydrogen-bond donors (Lipinski definition) is 2. The van der Waals surface area contributed by atoms with E-state index >= 15 is 0 Å². The molecule has 7 nitrogen and oxygen atoms in total. The van der Waals surface area contributed by atoms with Gasteiger partial charge in [-0.25, -0.2) is 13.2 Å². The van der Waals surface area contributed by atoms with Crippen molar-refractivity contribution in [1.29, 1.82) is 0 Å². The Kier molecular flexibility index (Phi) is 6.64. The average molecular weight is 397 g/mol. The van der Waals surface area contributed by atoms with Gasteiger partial charge in [0, 0.05) is 18.7 Å². The quantitative estimate of drug-likeness (QED) is 0.737. The molecule has 1 aromatic carbocycles. The van der Waals surface area contributed by atoms with Crippen LogP contribution in [-0.4, -0.2) is 48.3 Å². The summed E-state index contributed by atoms with van der Waals surface area (Å²) in [5.41, 5.74) is -1.13. The van der Waals surface area contributed by atoms with Crippen LogP contribution in [-0.2, 0) is 14.8 Å². The van der Waals surface area contributed by atoms with Gasteiger partial charge in [-0.1, -0.05) is 20.3 Å². The number of carbonyl (C=O) groups is 2. The number of benzene rings is 1. The van der Waals surface area contributed by atoms with Gasteiger partial charge in [0.15, 0.2) is 0 Å². The van der Waals surface area contributed by atoms with Gasteiger partial charge < -0.3 is 10.4 Å². The van der Waals surface area contributed by atoms with Crippen molar-refractivity contribution in [2.45, 2.75) is 56.9 Å². The zero-order valence-corrected chi connectivity index (χ0v) is 16.9. The second kappa shape index (κ2) is 8.39. The van der Waals surface area contributed by atoms with E-state index in [2.05, 4.69) is 5.32 Å². The summed E-state index contributed by atoms with van der Waals surface area (Å²) in [6.45, 7) is 6.34. The molecule has 27 heavy (non-hydrogen) atoms. The van der Waals surface area contributed by atoms with E-state index in [1.165, 1.54) is 35.5 Å². The summed E-state index contributed by atoms with van der Waals surface area (Å²) in [5.74, 6) is -1.31. The van der Waals surface area contributed by atoms with E-state index in [9.17, 15) is 23.1 Å². The molecule has 1 aliphatic heterocycles. The van der Waals surface area contributed by atoms with Gasteiger partial charge in [-0.15, -0.1) is 0 Å². The maximum atomic E-state index is 12.8. The maximum Gasteiger partial charge on any atom is 0.329 e. The molecule has 0 aliphatic carbocycles. The predicted molar refractivity (Wildman–Crippen MR) is 102 cm³/mol. The van der Waals surface area contributed by atoms with Crippen molar-refractivity contribution in [1.82, 2.24) is 9.62 Å². The van der Waals surface area contributed by atoms with Crippen molar-refractivity contribution in [3.8, 4) is 0 Å². The number of nitrogens with zero attached hydrogens (tertiary/aromatic N) is 1. The number of rotatable bonds is 7. The Morgan fingerprint density at radius 1 is 1.30 bits per heavy atom. The first kappa shape index (κ1) is 21.4. The summed E-state index contributed by atoms with van der Waals surface area (Å²) < 4.78 is 27.0. The molecular weight excluding hydrogens is 368 g/mol. The van der Waals surface area contributed by atoms with Gasteiger partial charge in [-0.3, -0.25) is 4.79 Å². The van der Waals surface area contributed by atoms with Crippen LogP contribution in [0.15, 0.2) is 29.2 Å². The lowest BCUT2D eigenvalue weighted by Crippen LogP contribution is -2.52. The summed E-state index contributed by atoms with van der Waals surface area (Å²) in [6.07, 6.45) is 2.76. The van der Waals surface area contributed by atoms with Gasteiger partial charge in [0.05, 0.1) is 4.90 Å². The second-order valence-corrected chi connectivity index (χ2v) is 9.41. The summed E-state index contributed by atoms with van der Waals surface area (Å²) in [6, 6.07) is 5.65. The van der Waals surface area contributed by atoms with E-state index in [-0.39, 0.29) is 10.5 Å².